The normalized spacial score (nSPS) is 27.6. The second-order valence-corrected chi connectivity index (χ2v) is 4.96. The highest BCUT2D eigenvalue weighted by atomic mass is 16.5. The van der Waals surface area contributed by atoms with Crippen LogP contribution in [0.2, 0.25) is 0 Å². The van der Waals surface area contributed by atoms with Crippen LogP contribution in [-0.2, 0) is 4.74 Å². The number of piperidine rings is 1. The molecule has 2 N–H and O–H groups in total. The highest BCUT2D eigenvalue weighted by molar-refractivity contribution is 4.82. The Morgan fingerprint density at radius 3 is 2.75 bits per heavy atom. The molecule has 1 rings (SSSR count). The third-order valence-corrected chi connectivity index (χ3v) is 3.45. The van der Waals surface area contributed by atoms with Gasteiger partial charge in [-0.05, 0) is 46.4 Å². The summed E-state index contributed by atoms with van der Waals surface area (Å²) in [5.74, 6) is 0. The summed E-state index contributed by atoms with van der Waals surface area (Å²) in [6.45, 7) is 4.20. The number of hydrogen-bond donors (Lipinski definition) is 1. The molecule has 4 nitrogen and oxygen atoms in total. The Morgan fingerprint density at radius 1 is 1.44 bits per heavy atom. The Kier molecular flexibility index (Phi) is 6.28. The molecule has 1 aliphatic heterocycles. The van der Waals surface area contributed by atoms with E-state index in [4.69, 9.17) is 10.5 Å². The molecule has 4 heteroatoms. The van der Waals surface area contributed by atoms with E-state index < -0.39 is 0 Å². The van der Waals surface area contributed by atoms with Crippen LogP contribution >= 0.6 is 0 Å². The Hall–Kier alpha value is -0.160. The van der Waals surface area contributed by atoms with E-state index in [0.29, 0.717) is 12.1 Å². The average Bonchev–Trinajstić information content (AvgIpc) is 2.29. The monoisotopic (exact) mass is 229 g/mol. The minimum atomic E-state index is 0.415. The van der Waals surface area contributed by atoms with E-state index in [2.05, 4.69) is 23.9 Å². The smallest absolute Gasteiger partial charge is 0.0599 e. The van der Waals surface area contributed by atoms with Crippen LogP contribution in [0, 0.1) is 0 Å². The molecular formula is C12H27N3O. The number of hydrogen-bond acceptors (Lipinski definition) is 4. The van der Waals surface area contributed by atoms with Crippen LogP contribution in [-0.4, -0.2) is 69.3 Å². The van der Waals surface area contributed by atoms with E-state index in [-0.39, 0.29) is 0 Å². The van der Waals surface area contributed by atoms with Gasteiger partial charge < -0.3 is 15.4 Å². The molecule has 96 valence electrons. The van der Waals surface area contributed by atoms with Gasteiger partial charge in [-0.25, -0.2) is 0 Å². The molecule has 0 amide bonds. The van der Waals surface area contributed by atoms with Gasteiger partial charge in [0.15, 0.2) is 0 Å². The van der Waals surface area contributed by atoms with Gasteiger partial charge in [0.2, 0.25) is 0 Å². The van der Waals surface area contributed by atoms with Crippen LogP contribution in [0.3, 0.4) is 0 Å². The van der Waals surface area contributed by atoms with Crippen LogP contribution in [0.15, 0.2) is 0 Å². The predicted octanol–water partition coefficient (Wildman–Crippen LogP) is 0.376. The van der Waals surface area contributed by atoms with Gasteiger partial charge in [-0.15, -0.1) is 0 Å². The fourth-order valence-corrected chi connectivity index (χ4v) is 2.41. The van der Waals surface area contributed by atoms with Gasteiger partial charge >= 0.3 is 0 Å². The lowest BCUT2D eigenvalue weighted by molar-refractivity contribution is 0.0125. The molecule has 1 heterocycles. The summed E-state index contributed by atoms with van der Waals surface area (Å²) in [6.07, 6.45) is 3.88. The summed E-state index contributed by atoms with van der Waals surface area (Å²) in [7, 11) is 6.05. The predicted molar refractivity (Wildman–Crippen MR) is 67.6 cm³/mol. The van der Waals surface area contributed by atoms with Crippen molar-refractivity contribution in [1.29, 1.82) is 0 Å². The highest BCUT2D eigenvalue weighted by Crippen LogP contribution is 2.19. The van der Waals surface area contributed by atoms with E-state index >= 15 is 0 Å². The number of rotatable bonds is 6. The van der Waals surface area contributed by atoms with Crippen molar-refractivity contribution < 1.29 is 4.74 Å². The topological polar surface area (TPSA) is 41.7 Å². The number of ether oxygens (including phenoxy) is 1. The highest BCUT2D eigenvalue weighted by Gasteiger charge is 2.26. The van der Waals surface area contributed by atoms with Crippen molar-refractivity contribution in [3.63, 3.8) is 0 Å². The fraction of sp³-hybridized carbons (Fsp3) is 1.00. The van der Waals surface area contributed by atoms with Crippen LogP contribution in [0.25, 0.3) is 0 Å². The van der Waals surface area contributed by atoms with E-state index in [1.165, 1.54) is 6.42 Å². The molecular weight excluding hydrogens is 202 g/mol. The first-order chi connectivity index (χ1) is 7.67. The zero-order valence-corrected chi connectivity index (χ0v) is 11.0. The van der Waals surface area contributed by atoms with Crippen molar-refractivity contribution in [3.05, 3.63) is 0 Å². The first-order valence-corrected chi connectivity index (χ1v) is 6.29. The zero-order valence-electron chi connectivity index (χ0n) is 11.0. The SMILES string of the molecule is COC1CCN(CCCN(C)C)C(CN)C1. The molecule has 0 bridgehead atoms. The second kappa shape index (κ2) is 7.22. The number of nitrogens with zero attached hydrogens (tertiary/aromatic N) is 2. The average molecular weight is 229 g/mol. The maximum Gasteiger partial charge on any atom is 0.0599 e. The zero-order chi connectivity index (χ0) is 12.0. The summed E-state index contributed by atoms with van der Waals surface area (Å²) in [5.41, 5.74) is 5.83. The lowest BCUT2D eigenvalue weighted by atomic mass is 9.99. The van der Waals surface area contributed by atoms with Crippen molar-refractivity contribution in [2.24, 2.45) is 5.73 Å². The van der Waals surface area contributed by atoms with E-state index in [0.717, 1.165) is 39.0 Å². The molecule has 0 aromatic rings. The molecule has 16 heavy (non-hydrogen) atoms. The lowest BCUT2D eigenvalue weighted by Gasteiger charge is -2.38. The third-order valence-electron chi connectivity index (χ3n) is 3.45. The quantitative estimate of drug-likeness (QED) is 0.715. The number of nitrogens with two attached hydrogens (primary N) is 1. The van der Waals surface area contributed by atoms with Gasteiger partial charge in [-0.3, -0.25) is 4.90 Å². The summed E-state index contributed by atoms with van der Waals surface area (Å²) < 4.78 is 5.42. The van der Waals surface area contributed by atoms with Crippen LogP contribution in [0.1, 0.15) is 19.3 Å². The minimum absolute atomic E-state index is 0.415. The molecule has 0 aromatic heterocycles. The Bertz CT molecular complexity index is 187. The van der Waals surface area contributed by atoms with E-state index in [1.807, 2.05) is 0 Å². The second-order valence-electron chi connectivity index (χ2n) is 4.96. The third kappa shape index (κ3) is 4.37. The fourth-order valence-electron chi connectivity index (χ4n) is 2.41. The van der Waals surface area contributed by atoms with Crippen LogP contribution in [0.4, 0.5) is 0 Å². The van der Waals surface area contributed by atoms with Gasteiger partial charge in [0.25, 0.3) is 0 Å². The van der Waals surface area contributed by atoms with Crippen molar-refractivity contribution in [3.8, 4) is 0 Å². The molecule has 1 saturated heterocycles. The maximum absolute atomic E-state index is 5.83. The molecule has 0 spiro atoms. The molecule has 0 aliphatic carbocycles. The van der Waals surface area contributed by atoms with Gasteiger partial charge in [-0.2, -0.15) is 0 Å². The molecule has 0 saturated carbocycles. The van der Waals surface area contributed by atoms with Gasteiger partial charge in [0, 0.05) is 26.2 Å². The first-order valence-electron chi connectivity index (χ1n) is 6.29. The molecule has 1 aliphatic rings. The number of methoxy groups -OCH3 is 1. The largest absolute Gasteiger partial charge is 0.381 e. The van der Waals surface area contributed by atoms with E-state index in [1.54, 1.807) is 7.11 Å². The summed E-state index contributed by atoms with van der Waals surface area (Å²) in [6, 6.07) is 0.515. The Balaban J connectivity index is 2.29. The first kappa shape index (κ1) is 13.9. The molecule has 0 radical (unpaired) electrons. The summed E-state index contributed by atoms with van der Waals surface area (Å²) in [5, 5.41) is 0. The van der Waals surface area contributed by atoms with Crippen molar-refractivity contribution >= 4 is 0 Å². The van der Waals surface area contributed by atoms with E-state index in [9.17, 15) is 0 Å². The van der Waals surface area contributed by atoms with Gasteiger partial charge in [0.1, 0.15) is 0 Å². The van der Waals surface area contributed by atoms with Gasteiger partial charge in [-0.1, -0.05) is 0 Å². The maximum atomic E-state index is 5.83. The van der Waals surface area contributed by atoms with Crippen LogP contribution in [0.5, 0.6) is 0 Å². The van der Waals surface area contributed by atoms with Crippen molar-refractivity contribution in [2.45, 2.75) is 31.4 Å². The minimum Gasteiger partial charge on any atom is -0.381 e. The number of likely N-dealkylation sites (tertiary alicyclic amines) is 1. The summed E-state index contributed by atoms with van der Waals surface area (Å²) >= 11 is 0. The summed E-state index contributed by atoms with van der Waals surface area (Å²) in [4.78, 5) is 4.76. The molecule has 0 aromatic carbocycles. The molecule has 2 unspecified atom stereocenters. The lowest BCUT2D eigenvalue weighted by Crippen LogP contribution is -2.49. The Labute approximate surface area is 99.7 Å². The van der Waals surface area contributed by atoms with Gasteiger partial charge in [0.05, 0.1) is 6.10 Å². The Morgan fingerprint density at radius 2 is 2.19 bits per heavy atom. The van der Waals surface area contributed by atoms with Crippen molar-refractivity contribution in [2.75, 3.05) is 47.4 Å². The molecule has 1 fully saturated rings. The molecule has 2 atom stereocenters. The van der Waals surface area contributed by atoms with Crippen molar-refractivity contribution in [1.82, 2.24) is 9.80 Å². The van der Waals surface area contributed by atoms with Crippen LogP contribution < -0.4 is 5.73 Å². The standard InChI is InChI=1S/C12H27N3O/c1-14(2)6-4-7-15-8-5-12(16-3)9-11(15)10-13/h11-12H,4-10,13H2,1-3H3.